The van der Waals surface area contributed by atoms with E-state index >= 15 is 0 Å². The third-order valence-electron chi connectivity index (χ3n) is 2.84. The number of furan rings is 1. The van der Waals surface area contributed by atoms with Gasteiger partial charge in [-0.05, 0) is 18.2 Å². The number of hydrogen-bond acceptors (Lipinski definition) is 4. The van der Waals surface area contributed by atoms with E-state index in [0.717, 1.165) is 16.5 Å². The number of fused-ring (bicyclic) bond motifs is 1. The van der Waals surface area contributed by atoms with Crippen LogP contribution < -0.4 is 0 Å². The summed E-state index contributed by atoms with van der Waals surface area (Å²) in [6, 6.07) is 13.5. The van der Waals surface area contributed by atoms with Crippen molar-refractivity contribution < 1.29 is 4.42 Å². The Morgan fingerprint density at radius 1 is 1.17 bits per heavy atom. The van der Waals surface area contributed by atoms with Crippen LogP contribution in [0.15, 0.2) is 53.3 Å². The van der Waals surface area contributed by atoms with Crippen molar-refractivity contribution in [2.24, 2.45) is 0 Å². The molecule has 0 amide bonds. The number of nitriles is 1. The van der Waals surface area contributed by atoms with Crippen LogP contribution in [0.5, 0.6) is 0 Å². The van der Waals surface area contributed by atoms with Gasteiger partial charge in [0.15, 0.2) is 0 Å². The molecule has 3 rings (SSSR count). The van der Waals surface area contributed by atoms with E-state index in [4.69, 9.17) is 4.42 Å². The first-order chi connectivity index (χ1) is 8.90. The van der Waals surface area contributed by atoms with E-state index in [1.165, 1.54) is 0 Å². The quantitative estimate of drug-likeness (QED) is 0.685. The lowest BCUT2D eigenvalue weighted by molar-refractivity contribution is 0.609. The van der Waals surface area contributed by atoms with Gasteiger partial charge in [0.2, 0.25) is 0 Å². The number of para-hydroxylation sites is 1. The minimum Gasteiger partial charge on any atom is -0.464 e. The van der Waals surface area contributed by atoms with Crippen molar-refractivity contribution in [3.8, 4) is 6.07 Å². The lowest BCUT2D eigenvalue weighted by atomic mass is 9.96. The Morgan fingerprint density at radius 3 is 2.83 bits per heavy atom. The lowest BCUT2D eigenvalue weighted by Crippen LogP contribution is -2.01. The smallest absolute Gasteiger partial charge is 0.134 e. The number of rotatable bonds is 2. The molecule has 1 atom stereocenters. The van der Waals surface area contributed by atoms with E-state index in [9.17, 15) is 5.26 Å². The molecule has 0 aliphatic heterocycles. The fourth-order valence-electron chi connectivity index (χ4n) is 1.98. The zero-order chi connectivity index (χ0) is 12.4. The predicted molar refractivity (Wildman–Crippen MR) is 65.7 cm³/mol. The monoisotopic (exact) mass is 235 g/mol. The summed E-state index contributed by atoms with van der Waals surface area (Å²) < 4.78 is 5.45. The topological polar surface area (TPSA) is 62.7 Å². The lowest BCUT2D eigenvalue weighted by Gasteiger charge is -2.05. The maximum absolute atomic E-state index is 9.35. The highest BCUT2D eigenvalue weighted by molar-refractivity contribution is 5.82. The van der Waals surface area contributed by atoms with Gasteiger partial charge in [-0.25, -0.2) is 0 Å². The summed E-state index contributed by atoms with van der Waals surface area (Å²) in [5.74, 6) is -0.456. The molecule has 0 saturated carbocycles. The van der Waals surface area contributed by atoms with Gasteiger partial charge in [-0.15, -0.1) is 0 Å². The molecular formula is C14H9N3O. The first kappa shape index (κ1) is 10.5. The Kier molecular flexibility index (Phi) is 2.50. The Hall–Kier alpha value is -2.67. The summed E-state index contributed by atoms with van der Waals surface area (Å²) in [6.07, 6.45) is 3.21. The maximum Gasteiger partial charge on any atom is 0.134 e. The van der Waals surface area contributed by atoms with Crippen LogP contribution in [0.3, 0.4) is 0 Å². The molecular weight excluding hydrogens is 226 g/mol. The van der Waals surface area contributed by atoms with Crippen molar-refractivity contribution in [1.82, 2.24) is 10.2 Å². The van der Waals surface area contributed by atoms with E-state index in [1.54, 1.807) is 24.6 Å². The zero-order valence-electron chi connectivity index (χ0n) is 9.45. The first-order valence-corrected chi connectivity index (χ1v) is 5.53. The van der Waals surface area contributed by atoms with Crippen molar-refractivity contribution >= 4 is 11.0 Å². The third-order valence-corrected chi connectivity index (χ3v) is 2.84. The zero-order valence-corrected chi connectivity index (χ0v) is 9.45. The van der Waals surface area contributed by atoms with Crippen molar-refractivity contribution in [3.63, 3.8) is 0 Å². The second-order valence-corrected chi connectivity index (χ2v) is 3.90. The summed E-state index contributed by atoms with van der Waals surface area (Å²) in [7, 11) is 0. The molecule has 0 bridgehead atoms. The molecule has 86 valence electrons. The van der Waals surface area contributed by atoms with Gasteiger partial charge in [0.25, 0.3) is 0 Å². The van der Waals surface area contributed by atoms with E-state index in [1.807, 2.05) is 24.3 Å². The Bertz CT molecular complexity index is 712. The number of nitrogens with zero attached hydrogens (tertiary/aromatic N) is 3. The summed E-state index contributed by atoms with van der Waals surface area (Å²) in [4.78, 5) is 0. The summed E-state index contributed by atoms with van der Waals surface area (Å²) in [5.41, 5.74) is 2.23. The molecule has 4 heteroatoms. The van der Waals surface area contributed by atoms with Gasteiger partial charge in [0.05, 0.1) is 18.0 Å². The van der Waals surface area contributed by atoms with E-state index in [0.29, 0.717) is 5.69 Å². The SMILES string of the molecule is N#CC(c1cccnn1)c1coc2ccccc12. The number of hydrogen-bond donors (Lipinski definition) is 0. The average molecular weight is 235 g/mol. The largest absolute Gasteiger partial charge is 0.464 e. The molecule has 0 radical (unpaired) electrons. The van der Waals surface area contributed by atoms with Gasteiger partial charge >= 0.3 is 0 Å². The molecule has 18 heavy (non-hydrogen) atoms. The summed E-state index contributed by atoms with van der Waals surface area (Å²) in [6.45, 7) is 0. The van der Waals surface area contributed by atoms with Gasteiger partial charge in [-0.3, -0.25) is 0 Å². The molecule has 2 heterocycles. The van der Waals surface area contributed by atoms with Crippen LogP contribution in [-0.4, -0.2) is 10.2 Å². The van der Waals surface area contributed by atoms with Crippen LogP contribution in [0.4, 0.5) is 0 Å². The van der Waals surface area contributed by atoms with E-state index in [2.05, 4.69) is 16.3 Å². The normalized spacial score (nSPS) is 12.2. The van der Waals surface area contributed by atoms with E-state index in [-0.39, 0.29) is 0 Å². The van der Waals surface area contributed by atoms with Crippen LogP contribution in [0, 0.1) is 11.3 Å². The molecule has 0 spiro atoms. The summed E-state index contributed by atoms with van der Waals surface area (Å²) in [5, 5.41) is 18.1. The van der Waals surface area contributed by atoms with Crippen LogP contribution in [-0.2, 0) is 0 Å². The number of aromatic nitrogens is 2. The fourth-order valence-corrected chi connectivity index (χ4v) is 1.98. The van der Waals surface area contributed by atoms with Crippen molar-refractivity contribution in [1.29, 1.82) is 5.26 Å². The van der Waals surface area contributed by atoms with Gasteiger partial charge in [0, 0.05) is 17.1 Å². The molecule has 0 aliphatic rings. The minimum atomic E-state index is -0.456. The van der Waals surface area contributed by atoms with Crippen LogP contribution in [0.25, 0.3) is 11.0 Å². The highest BCUT2D eigenvalue weighted by Crippen LogP contribution is 2.30. The van der Waals surface area contributed by atoms with E-state index < -0.39 is 5.92 Å². The summed E-state index contributed by atoms with van der Waals surface area (Å²) >= 11 is 0. The molecule has 0 fully saturated rings. The minimum absolute atomic E-state index is 0.456. The van der Waals surface area contributed by atoms with Gasteiger partial charge < -0.3 is 4.42 Å². The molecule has 0 saturated heterocycles. The van der Waals surface area contributed by atoms with Gasteiger partial charge in [-0.1, -0.05) is 18.2 Å². The molecule has 3 aromatic rings. The maximum atomic E-state index is 9.35. The van der Waals surface area contributed by atoms with Crippen LogP contribution in [0.1, 0.15) is 17.2 Å². The Labute approximate surface area is 103 Å². The average Bonchev–Trinajstić information content (AvgIpc) is 2.85. The molecule has 1 unspecified atom stereocenters. The Balaban J connectivity index is 2.16. The van der Waals surface area contributed by atoms with Crippen molar-refractivity contribution in [3.05, 3.63) is 60.1 Å². The highest BCUT2D eigenvalue weighted by Gasteiger charge is 2.19. The number of benzene rings is 1. The highest BCUT2D eigenvalue weighted by atomic mass is 16.3. The third kappa shape index (κ3) is 1.62. The Morgan fingerprint density at radius 2 is 2.06 bits per heavy atom. The second-order valence-electron chi connectivity index (χ2n) is 3.90. The fraction of sp³-hybridized carbons (Fsp3) is 0.0714. The van der Waals surface area contributed by atoms with Crippen molar-refractivity contribution in [2.45, 2.75) is 5.92 Å². The van der Waals surface area contributed by atoms with Gasteiger partial charge in [0.1, 0.15) is 11.5 Å². The standard InChI is InChI=1S/C14H9N3O/c15-8-11(13-5-3-7-16-17-13)12-9-18-14-6-2-1-4-10(12)14/h1-7,9,11H. The molecule has 2 aromatic heterocycles. The van der Waals surface area contributed by atoms with Crippen molar-refractivity contribution in [2.75, 3.05) is 0 Å². The van der Waals surface area contributed by atoms with Gasteiger partial charge in [-0.2, -0.15) is 15.5 Å². The van der Waals surface area contributed by atoms with Crippen LogP contribution >= 0.6 is 0 Å². The molecule has 4 nitrogen and oxygen atoms in total. The molecule has 1 aromatic carbocycles. The predicted octanol–water partition coefficient (Wildman–Crippen LogP) is 2.88. The molecule has 0 aliphatic carbocycles. The second kappa shape index (κ2) is 4.30. The first-order valence-electron chi connectivity index (χ1n) is 5.53. The van der Waals surface area contributed by atoms with Crippen LogP contribution in [0.2, 0.25) is 0 Å². The molecule has 0 N–H and O–H groups in total.